The number of nitrogens with zero attached hydrogens (tertiary/aromatic N) is 3. The van der Waals surface area contributed by atoms with Crippen LogP contribution in [0.4, 0.5) is 11.8 Å². The minimum Gasteiger partial charge on any atom is -0.457 e. The summed E-state index contributed by atoms with van der Waals surface area (Å²) in [4.78, 5) is 24.2. The number of amides is 1. The molecular weight excluding hydrogens is 462 g/mol. The van der Waals surface area contributed by atoms with Crippen molar-refractivity contribution in [2.45, 2.75) is 44.2 Å². The quantitative estimate of drug-likeness (QED) is 0.333. The van der Waals surface area contributed by atoms with E-state index in [1.54, 1.807) is 0 Å². The number of ether oxygens (including phenoxy) is 1. The highest BCUT2D eigenvalue weighted by Gasteiger charge is 2.23. The Kier molecular flexibility index (Phi) is 7.49. The van der Waals surface area contributed by atoms with Gasteiger partial charge in [0.25, 0.3) is 0 Å². The predicted octanol–water partition coefficient (Wildman–Crippen LogP) is 5.57. The van der Waals surface area contributed by atoms with Gasteiger partial charge in [-0.1, -0.05) is 42.5 Å². The van der Waals surface area contributed by atoms with Crippen molar-refractivity contribution in [2.24, 2.45) is 0 Å². The molecule has 7 heteroatoms. The van der Waals surface area contributed by atoms with Crippen LogP contribution in [0.1, 0.15) is 31.2 Å². The second kappa shape index (κ2) is 11.3. The van der Waals surface area contributed by atoms with E-state index in [0.29, 0.717) is 18.4 Å². The SMILES string of the molecule is CN(C)c1nc(N[C@H]2CC[C@@H](NC(=O)Cc3ccc(Oc4ccccc4)cc3)CC2)nc2ccccc12. The maximum Gasteiger partial charge on any atom is 0.225 e. The molecule has 0 bridgehead atoms. The summed E-state index contributed by atoms with van der Waals surface area (Å²) >= 11 is 0. The van der Waals surface area contributed by atoms with Gasteiger partial charge in [0.1, 0.15) is 17.3 Å². The first-order valence-electron chi connectivity index (χ1n) is 12.9. The fourth-order valence-electron chi connectivity index (χ4n) is 4.79. The third kappa shape index (κ3) is 6.36. The molecular formula is C30H33N5O2. The molecule has 0 atom stereocenters. The lowest BCUT2D eigenvalue weighted by Crippen LogP contribution is -2.40. The van der Waals surface area contributed by atoms with Crippen molar-refractivity contribution in [1.82, 2.24) is 15.3 Å². The van der Waals surface area contributed by atoms with Gasteiger partial charge in [-0.3, -0.25) is 4.79 Å². The fraction of sp³-hybridized carbons (Fsp3) is 0.300. The molecule has 5 rings (SSSR count). The summed E-state index contributed by atoms with van der Waals surface area (Å²) in [5.74, 6) is 3.18. The summed E-state index contributed by atoms with van der Waals surface area (Å²) in [5.41, 5.74) is 1.91. The summed E-state index contributed by atoms with van der Waals surface area (Å²) in [7, 11) is 4.00. The van der Waals surface area contributed by atoms with Crippen LogP contribution in [-0.4, -0.2) is 42.1 Å². The molecule has 1 saturated carbocycles. The lowest BCUT2D eigenvalue weighted by molar-refractivity contribution is -0.121. The number of aromatic nitrogens is 2. The topological polar surface area (TPSA) is 79.4 Å². The van der Waals surface area contributed by atoms with Gasteiger partial charge in [-0.15, -0.1) is 0 Å². The van der Waals surface area contributed by atoms with Crippen molar-refractivity contribution in [3.8, 4) is 11.5 Å². The van der Waals surface area contributed by atoms with E-state index >= 15 is 0 Å². The molecule has 1 amide bonds. The standard InChI is InChI=1S/C30H33N5O2/c1-35(2)29-26-10-6-7-11-27(26)33-30(34-29)32-23-16-14-22(15-17-23)31-28(36)20-21-12-18-25(19-13-21)37-24-8-4-3-5-9-24/h3-13,18-19,22-23H,14-17,20H2,1-2H3,(H,31,36)(H,32,33,34)/t22-,23+. The third-order valence-electron chi connectivity index (χ3n) is 6.70. The van der Waals surface area contributed by atoms with Crippen LogP contribution in [0, 0.1) is 0 Å². The van der Waals surface area contributed by atoms with Gasteiger partial charge in [-0.05, 0) is 67.6 Å². The van der Waals surface area contributed by atoms with E-state index in [1.807, 2.05) is 91.8 Å². The minimum absolute atomic E-state index is 0.0571. The highest BCUT2D eigenvalue weighted by atomic mass is 16.5. The van der Waals surface area contributed by atoms with Gasteiger partial charge in [-0.25, -0.2) is 4.98 Å². The second-order valence-corrected chi connectivity index (χ2v) is 9.78. The average molecular weight is 496 g/mol. The Morgan fingerprint density at radius 3 is 2.22 bits per heavy atom. The van der Waals surface area contributed by atoms with Crippen LogP contribution >= 0.6 is 0 Å². The zero-order valence-electron chi connectivity index (χ0n) is 21.4. The molecule has 4 aromatic rings. The second-order valence-electron chi connectivity index (χ2n) is 9.78. The van der Waals surface area contributed by atoms with Crippen LogP contribution in [0.2, 0.25) is 0 Å². The normalized spacial score (nSPS) is 17.2. The number of anilines is 2. The van der Waals surface area contributed by atoms with E-state index in [4.69, 9.17) is 14.7 Å². The average Bonchev–Trinajstić information content (AvgIpc) is 2.91. The molecule has 1 heterocycles. The Labute approximate surface area is 217 Å². The first kappa shape index (κ1) is 24.6. The van der Waals surface area contributed by atoms with Crippen molar-refractivity contribution in [2.75, 3.05) is 24.3 Å². The van der Waals surface area contributed by atoms with Gasteiger partial charge in [0, 0.05) is 31.6 Å². The summed E-state index contributed by atoms with van der Waals surface area (Å²) in [6.07, 6.45) is 4.15. The molecule has 0 spiro atoms. The molecule has 3 aromatic carbocycles. The number of hydrogen-bond donors (Lipinski definition) is 2. The van der Waals surface area contributed by atoms with Crippen molar-refractivity contribution >= 4 is 28.6 Å². The number of carbonyl (C=O) groups excluding carboxylic acids is 1. The van der Waals surface area contributed by atoms with Gasteiger partial charge >= 0.3 is 0 Å². The smallest absolute Gasteiger partial charge is 0.225 e. The number of rotatable bonds is 8. The summed E-state index contributed by atoms with van der Waals surface area (Å²) in [5, 5.41) is 7.79. The number of para-hydroxylation sites is 2. The molecule has 1 aliphatic carbocycles. The van der Waals surface area contributed by atoms with Crippen LogP contribution in [0.25, 0.3) is 10.9 Å². The number of nitrogens with one attached hydrogen (secondary N) is 2. The molecule has 0 radical (unpaired) electrons. The maximum atomic E-state index is 12.7. The Morgan fingerprint density at radius 2 is 1.49 bits per heavy atom. The Hall–Kier alpha value is -4.13. The largest absolute Gasteiger partial charge is 0.457 e. The molecule has 0 saturated heterocycles. The molecule has 37 heavy (non-hydrogen) atoms. The van der Waals surface area contributed by atoms with Crippen molar-refractivity contribution in [1.29, 1.82) is 0 Å². The van der Waals surface area contributed by atoms with Gasteiger partial charge in [0.2, 0.25) is 11.9 Å². The van der Waals surface area contributed by atoms with Crippen LogP contribution in [-0.2, 0) is 11.2 Å². The first-order chi connectivity index (χ1) is 18.0. The van der Waals surface area contributed by atoms with E-state index in [-0.39, 0.29) is 11.9 Å². The van der Waals surface area contributed by atoms with Gasteiger partial charge in [0.15, 0.2) is 0 Å². The van der Waals surface area contributed by atoms with Gasteiger partial charge < -0.3 is 20.3 Å². The molecule has 1 fully saturated rings. The van der Waals surface area contributed by atoms with Crippen molar-refractivity contribution in [3.63, 3.8) is 0 Å². The fourth-order valence-corrected chi connectivity index (χ4v) is 4.79. The number of fused-ring (bicyclic) bond motifs is 1. The van der Waals surface area contributed by atoms with E-state index < -0.39 is 0 Å². The highest BCUT2D eigenvalue weighted by Crippen LogP contribution is 2.26. The first-order valence-corrected chi connectivity index (χ1v) is 12.9. The maximum absolute atomic E-state index is 12.7. The third-order valence-corrected chi connectivity index (χ3v) is 6.70. The van der Waals surface area contributed by atoms with E-state index in [0.717, 1.165) is 59.5 Å². The Bertz CT molecular complexity index is 1330. The van der Waals surface area contributed by atoms with Crippen molar-refractivity contribution in [3.05, 3.63) is 84.4 Å². The van der Waals surface area contributed by atoms with E-state index in [9.17, 15) is 4.79 Å². The summed E-state index contributed by atoms with van der Waals surface area (Å²) in [6, 6.07) is 26.0. The van der Waals surface area contributed by atoms with E-state index in [1.165, 1.54) is 0 Å². The zero-order valence-corrected chi connectivity index (χ0v) is 21.4. The number of carbonyl (C=O) groups is 1. The minimum atomic E-state index is 0.0571. The van der Waals surface area contributed by atoms with Crippen molar-refractivity contribution < 1.29 is 9.53 Å². The highest BCUT2D eigenvalue weighted by molar-refractivity contribution is 5.90. The zero-order chi connectivity index (χ0) is 25.6. The predicted molar refractivity (Wildman–Crippen MR) is 148 cm³/mol. The Balaban J connectivity index is 1.10. The van der Waals surface area contributed by atoms with E-state index in [2.05, 4.69) is 16.7 Å². The van der Waals surface area contributed by atoms with Gasteiger partial charge in [-0.2, -0.15) is 4.98 Å². The number of benzene rings is 3. The summed E-state index contributed by atoms with van der Waals surface area (Å²) in [6.45, 7) is 0. The molecule has 0 unspecified atom stereocenters. The lowest BCUT2D eigenvalue weighted by Gasteiger charge is -2.30. The van der Waals surface area contributed by atoms with Crippen LogP contribution in [0.5, 0.6) is 11.5 Å². The number of hydrogen-bond acceptors (Lipinski definition) is 6. The molecule has 190 valence electrons. The molecule has 2 N–H and O–H groups in total. The van der Waals surface area contributed by atoms with Crippen LogP contribution in [0.3, 0.4) is 0 Å². The Morgan fingerprint density at radius 1 is 0.838 bits per heavy atom. The molecule has 0 aliphatic heterocycles. The molecule has 7 nitrogen and oxygen atoms in total. The molecule has 1 aromatic heterocycles. The lowest BCUT2D eigenvalue weighted by atomic mass is 9.91. The van der Waals surface area contributed by atoms with Crippen LogP contribution in [0.15, 0.2) is 78.9 Å². The molecule has 1 aliphatic rings. The van der Waals surface area contributed by atoms with Gasteiger partial charge in [0.05, 0.1) is 11.9 Å². The summed E-state index contributed by atoms with van der Waals surface area (Å²) < 4.78 is 5.83. The monoisotopic (exact) mass is 495 g/mol. The van der Waals surface area contributed by atoms with Crippen LogP contribution < -0.4 is 20.3 Å².